The lowest BCUT2D eigenvalue weighted by Gasteiger charge is -2.34. The van der Waals surface area contributed by atoms with E-state index < -0.39 is 0 Å². The summed E-state index contributed by atoms with van der Waals surface area (Å²) in [5, 5.41) is 0. The highest BCUT2D eigenvalue weighted by molar-refractivity contribution is 5.76. The van der Waals surface area contributed by atoms with Crippen LogP contribution in [0.4, 0.5) is 0 Å². The smallest absolute Gasteiger partial charge is 0.222 e. The SMILES string of the molecule is CC1CCCCN1CCCN(Cc1ccc(OCc2ccccc2)cc1)C(=O)CCC1CCCC1. The van der Waals surface area contributed by atoms with Gasteiger partial charge >= 0.3 is 0 Å². The van der Waals surface area contributed by atoms with Crippen molar-refractivity contribution in [2.45, 2.75) is 90.3 Å². The predicted octanol–water partition coefficient (Wildman–Crippen LogP) is 6.83. The fourth-order valence-electron chi connectivity index (χ4n) is 5.68. The van der Waals surface area contributed by atoms with Gasteiger partial charge in [-0.3, -0.25) is 4.79 Å². The maximum atomic E-state index is 13.3. The molecule has 0 aromatic heterocycles. The summed E-state index contributed by atoms with van der Waals surface area (Å²) in [6.07, 6.45) is 12.1. The van der Waals surface area contributed by atoms with Crippen molar-refractivity contribution in [1.29, 1.82) is 0 Å². The summed E-state index contributed by atoms with van der Waals surface area (Å²) in [7, 11) is 0. The Labute approximate surface area is 212 Å². The third-order valence-corrected chi connectivity index (χ3v) is 7.95. The molecule has 4 rings (SSSR count). The van der Waals surface area contributed by atoms with Gasteiger partial charge in [-0.2, -0.15) is 0 Å². The Morgan fingerprint density at radius 3 is 2.43 bits per heavy atom. The zero-order chi connectivity index (χ0) is 24.3. The molecule has 1 atom stereocenters. The minimum Gasteiger partial charge on any atom is -0.489 e. The van der Waals surface area contributed by atoms with E-state index in [0.717, 1.165) is 37.6 Å². The van der Waals surface area contributed by atoms with Crippen LogP contribution < -0.4 is 4.74 Å². The summed E-state index contributed by atoms with van der Waals surface area (Å²) in [5.74, 6) is 1.96. The molecule has 0 radical (unpaired) electrons. The Kier molecular flexibility index (Phi) is 10.1. The lowest BCUT2D eigenvalue weighted by Crippen LogP contribution is -2.40. The van der Waals surface area contributed by atoms with Crippen molar-refractivity contribution < 1.29 is 9.53 Å². The molecule has 2 aliphatic rings. The van der Waals surface area contributed by atoms with Crippen molar-refractivity contribution >= 4 is 5.91 Å². The van der Waals surface area contributed by atoms with Crippen molar-refractivity contribution in [1.82, 2.24) is 9.80 Å². The van der Waals surface area contributed by atoms with Gasteiger partial charge in [-0.25, -0.2) is 0 Å². The normalized spacial score (nSPS) is 19.1. The summed E-state index contributed by atoms with van der Waals surface area (Å²) in [6.45, 7) is 6.77. The summed E-state index contributed by atoms with van der Waals surface area (Å²) in [5.41, 5.74) is 2.34. The van der Waals surface area contributed by atoms with Gasteiger partial charge < -0.3 is 14.5 Å². The molecule has 0 bridgehead atoms. The molecule has 1 saturated carbocycles. The molecular weight excluding hydrogens is 432 g/mol. The number of benzene rings is 2. The number of rotatable bonds is 12. The molecule has 0 N–H and O–H groups in total. The van der Waals surface area contributed by atoms with Gasteiger partial charge in [-0.15, -0.1) is 0 Å². The summed E-state index contributed by atoms with van der Waals surface area (Å²) in [4.78, 5) is 18.0. The highest BCUT2D eigenvalue weighted by Gasteiger charge is 2.21. The topological polar surface area (TPSA) is 32.8 Å². The molecular formula is C31H44N2O2. The van der Waals surface area contributed by atoms with Crippen LogP contribution >= 0.6 is 0 Å². The molecule has 2 aromatic rings. The van der Waals surface area contributed by atoms with E-state index in [1.807, 2.05) is 30.3 Å². The minimum absolute atomic E-state index is 0.327. The Hall–Kier alpha value is -2.33. The van der Waals surface area contributed by atoms with E-state index in [2.05, 4.69) is 41.0 Å². The van der Waals surface area contributed by atoms with Crippen LogP contribution in [0, 0.1) is 5.92 Å². The van der Waals surface area contributed by atoms with Gasteiger partial charge in [0.2, 0.25) is 5.91 Å². The summed E-state index contributed by atoms with van der Waals surface area (Å²) < 4.78 is 5.95. The highest BCUT2D eigenvalue weighted by Crippen LogP contribution is 2.29. The molecule has 1 saturated heterocycles. The minimum atomic E-state index is 0.327. The molecule has 2 aromatic carbocycles. The monoisotopic (exact) mass is 476 g/mol. The van der Waals surface area contributed by atoms with Crippen LogP contribution in [-0.4, -0.2) is 41.4 Å². The summed E-state index contributed by atoms with van der Waals surface area (Å²) in [6, 6.07) is 19.2. The molecule has 1 unspecified atom stereocenters. The molecule has 4 nitrogen and oxygen atoms in total. The van der Waals surface area contributed by atoms with Gasteiger partial charge in [-0.1, -0.05) is 74.6 Å². The quantitative estimate of drug-likeness (QED) is 0.337. The van der Waals surface area contributed by atoms with E-state index in [1.165, 1.54) is 62.6 Å². The number of likely N-dealkylation sites (tertiary alicyclic amines) is 1. The molecule has 4 heteroatoms. The second-order valence-corrected chi connectivity index (χ2v) is 10.7. The Morgan fingerprint density at radius 2 is 1.69 bits per heavy atom. The zero-order valence-electron chi connectivity index (χ0n) is 21.7. The lowest BCUT2D eigenvalue weighted by atomic mass is 10.0. The first-order chi connectivity index (χ1) is 17.2. The van der Waals surface area contributed by atoms with Crippen LogP contribution in [0.1, 0.15) is 82.3 Å². The third-order valence-electron chi connectivity index (χ3n) is 7.95. The molecule has 1 aliphatic carbocycles. The number of hydrogen-bond acceptors (Lipinski definition) is 3. The van der Waals surface area contributed by atoms with Crippen molar-refractivity contribution in [2.75, 3.05) is 19.6 Å². The maximum absolute atomic E-state index is 13.3. The largest absolute Gasteiger partial charge is 0.489 e. The van der Waals surface area contributed by atoms with Crippen molar-refractivity contribution in [3.8, 4) is 5.75 Å². The van der Waals surface area contributed by atoms with Crippen LogP contribution in [0.25, 0.3) is 0 Å². The molecule has 2 fully saturated rings. The Bertz CT molecular complexity index is 877. The standard InChI is InChI=1S/C31H44N2O2/c1-26-10-7-8-21-32(26)22-9-23-33(31(34)20-17-27-11-5-6-12-27)24-28-15-18-30(19-16-28)35-25-29-13-3-2-4-14-29/h2-4,13-16,18-19,26-27H,5-12,17,20-25H2,1H3. The highest BCUT2D eigenvalue weighted by atomic mass is 16.5. The average Bonchev–Trinajstić information content (AvgIpc) is 3.42. The second-order valence-electron chi connectivity index (χ2n) is 10.7. The van der Waals surface area contributed by atoms with E-state index in [1.54, 1.807) is 0 Å². The average molecular weight is 477 g/mol. The molecule has 1 aliphatic heterocycles. The van der Waals surface area contributed by atoms with Crippen molar-refractivity contribution in [2.24, 2.45) is 5.92 Å². The number of amides is 1. The van der Waals surface area contributed by atoms with Crippen molar-refractivity contribution in [3.63, 3.8) is 0 Å². The van der Waals surface area contributed by atoms with Gasteiger partial charge in [0.1, 0.15) is 12.4 Å². The first kappa shape index (κ1) is 25.8. The fourth-order valence-corrected chi connectivity index (χ4v) is 5.68. The van der Waals surface area contributed by atoms with Gasteiger partial charge in [0, 0.05) is 32.1 Å². The van der Waals surface area contributed by atoms with Gasteiger partial charge in [0.15, 0.2) is 0 Å². The van der Waals surface area contributed by atoms with Crippen LogP contribution in [-0.2, 0) is 17.9 Å². The van der Waals surface area contributed by atoms with Crippen molar-refractivity contribution in [3.05, 3.63) is 65.7 Å². The van der Waals surface area contributed by atoms with E-state index in [-0.39, 0.29) is 0 Å². The van der Waals surface area contributed by atoms with Gasteiger partial charge in [0.05, 0.1) is 0 Å². The van der Waals surface area contributed by atoms with E-state index in [0.29, 0.717) is 31.5 Å². The lowest BCUT2D eigenvalue weighted by molar-refractivity contribution is -0.132. The summed E-state index contributed by atoms with van der Waals surface area (Å²) >= 11 is 0. The Morgan fingerprint density at radius 1 is 0.943 bits per heavy atom. The third kappa shape index (κ3) is 8.38. The van der Waals surface area contributed by atoms with Crippen LogP contribution in [0.5, 0.6) is 5.75 Å². The van der Waals surface area contributed by atoms with Gasteiger partial charge in [0.25, 0.3) is 0 Å². The maximum Gasteiger partial charge on any atom is 0.222 e. The zero-order valence-corrected chi connectivity index (χ0v) is 21.7. The molecule has 0 spiro atoms. The number of piperidine rings is 1. The molecule has 190 valence electrons. The van der Waals surface area contributed by atoms with Crippen LogP contribution in [0.3, 0.4) is 0 Å². The molecule has 1 heterocycles. The number of ether oxygens (including phenoxy) is 1. The second kappa shape index (κ2) is 13.7. The van der Waals surface area contributed by atoms with E-state index in [4.69, 9.17) is 4.74 Å². The van der Waals surface area contributed by atoms with E-state index >= 15 is 0 Å². The fraction of sp³-hybridized carbons (Fsp3) is 0.581. The van der Waals surface area contributed by atoms with E-state index in [9.17, 15) is 4.79 Å². The Balaban J connectivity index is 1.30. The molecule has 1 amide bonds. The number of carbonyl (C=O) groups excluding carboxylic acids is 1. The number of hydrogen-bond donors (Lipinski definition) is 0. The van der Waals surface area contributed by atoms with Crippen LogP contribution in [0.15, 0.2) is 54.6 Å². The number of nitrogens with zero attached hydrogens (tertiary/aromatic N) is 2. The van der Waals surface area contributed by atoms with Gasteiger partial charge in [-0.05, 0) is 68.3 Å². The van der Waals surface area contributed by atoms with Crippen LogP contribution in [0.2, 0.25) is 0 Å². The first-order valence-corrected chi connectivity index (χ1v) is 13.9. The number of carbonyl (C=O) groups is 1. The molecule has 35 heavy (non-hydrogen) atoms. The predicted molar refractivity (Wildman–Crippen MR) is 143 cm³/mol. The first-order valence-electron chi connectivity index (χ1n) is 13.9.